The van der Waals surface area contributed by atoms with Crippen LogP contribution in [0.5, 0.6) is 0 Å². The average Bonchev–Trinajstić information content (AvgIpc) is 2.93. The van der Waals surface area contributed by atoms with Crippen molar-refractivity contribution in [1.82, 2.24) is 4.98 Å². The van der Waals surface area contributed by atoms with E-state index in [0.29, 0.717) is 6.42 Å². The van der Waals surface area contributed by atoms with Gasteiger partial charge in [0.2, 0.25) is 0 Å². The molecule has 1 heterocycles. The lowest BCUT2D eigenvalue weighted by atomic mass is 10.0. The molecule has 1 aromatic heterocycles. The van der Waals surface area contributed by atoms with Crippen molar-refractivity contribution in [3.8, 4) is 0 Å². The van der Waals surface area contributed by atoms with Crippen LogP contribution in [-0.2, 0) is 24.1 Å². The fraction of sp³-hybridized carbons (Fsp3) is 0.375. The van der Waals surface area contributed by atoms with Crippen LogP contribution in [0, 0.1) is 0 Å². The van der Waals surface area contributed by atoms with E-state index in [9.17, 15) is 4.79 Å². The van der Waals surface area contributed by atoms with Gasteiger partial charge in [-0.3, -0.25) is 4.79 Å². The quantitative estimate of drug-likeness (QED) is 0.810. The minimum atomic E-state index is -0.790. The molecule has 21 heavy (non-hydrogen) atoms. The van der Waals surface area contributed by atoms with Crippen LogP contribution < -0.4 is 5.32 Å². The van der Waals surface area contributed by atoms with Crippen LogP contribution in [0.4, 0.5) is 10.8 Å². The maximum atomic E-state index is 10.6. The molecule has 0 spiro atoms. The zero-order valence-corrected chi connectivity index (χ0v) is 13.2. The highest BCUT2D eigenvalue weighted by atomic mass is 32.1. The van der Waals surface area contributed by atoms with Gasteiger partial charge in [-0.1, -0.05) is 32.0 Å². The molecular weight excluding hydrogens is 284 g/mol. The Morgan fingerprint density at radius 1 is 1.29 bits per heavy atom. The number of thiazole rings is 1. The van der Waals surface area contributed by atoms with Crippen molar-refractivity contribution in [1.29, 1.82) is 0 Å². The van der Waals surface area contributed by atoms with Gasteiger partial charge in [0, 0.05) is 17.5 Å². The molecule has 0 atom stereocenters. The third kappa shape index (κ3) is 4.04. The van der Waals surface area contributed by atoms with Crippen molar-refractivity contribution in [2.75, 3.05) is 5.32 Å². The van der Waals surface area contributed by atoms with Crippen LogP contribution in [0.1, 0.15) is 37.1 Å². The van der Waals surface area contributed by atoms with Gasteiger partial charge in [-0.2, -0.15) is 0 Å². The molecule has 1 aromatic carbocycles. The number of aliphatic carboxylic acids is 1. The molecule has 0 aliphatic heterocycles. The number of para-hydroxylation sites is 1. The van der Waals surface area contributed by atoms with E-state index in [1.807, 2.05) is 5.38 Å². The maximum Gasteiger partial charge on any atom is 0.303 e. The molecule has 0 fully saturated rings. The van der Waals surface area contributed by atoms with E-state index < -0.39 is 5.97 Å². The molecule has 0 aliphatic carbocycles. The van der Waals surface area contributed by atoms with Gasteiger partial charge in [0.1, 0.15) is 0 Å². The van der Waals surface area contributed by atoms with E-state index >= 15 is 0 Å². The van der Waals surface area contributed by atoms with Crippen molar-refractivity contribution in [3.63, 3.8) is 0 Å². The summed E-state index contributed by atoms with van der Waals surface area (Å²) >= 11 is 1.52. The summed E-state index contributed by atoms with van der Waals surface area (Å²) in [5.41, 5.74) is 4.52. The molecule has 0 saturated heterocycles. The van der Waals surface area contributed by atoms with Crippen LogP contribution in [-0.4, -0.2) is 16.1 Å². The van der Waals surface area contributed by atoms with Crippen molar-refractivity contribution in [2.45, 2.75) is 39.5 Å². The summed E-state index contributed by atoms with van der Waals surface area (Å²) < 4.78 is 0. The minimum Gasteiger partial charge on any atom is -0.481 e. The summed E-state index contributed by atoms with van der Waals surface area (Å²) in [5, 5.41) is 14.9. The van der Waals surface area contributed by atoms with E-state index in [1.165, 1.54) is 22.5 Å². The zero-order valence-electron chi connectivity index (χ0n) is 12.3. The molecule has 0 amide bonds. The fourth-order valence-corrected chi connectivity index (χ4v) is 2.97. The first-order valence-electron chi connectivity index (χ1n) is 7.18. The van der Waals surface area contributed by atoms with Crippen molar-refractivity contribution < 1.29 is 9.90 Å². The third-order valence-corrected chi connectivity index (χ3v) is 4.18. The summed E-state index contributed by atoms with van der Waals surface area (Å²) in [7, 11) is 0. The highest BCUT2D eigenvalue weighted by Crippen LogP contribution is 2.28. The molecule has 2 rings (SSSR count). The molecule has 0 radical (unpaired) electrons. The molecule has 4 nitrogen and oxygen atoms in total. The molecule has 0 bridgehead atoms. The van der Waals surface area contributed by atoms with Crippen LogP contribution >= 0.6 is 11.3 Å². The Bertz CT molecular complexity index is 600. The SMILES string of the molecule is CCc1cccc(CC)c1Nc1nc(CCC(=O)O)cs1. The predicted octanol–water partition coefficient (Wildman–Crippen LogP) is 4.03. The Morgan fingerprint density at radius 3 is 2.52 bits per heavy atom. The largest absolute Gasteiger partial charge is 0.481 e. The van der Waals surface area contributed by atoms with Crippen LogP contribution in [0.3, 0.4) is 0 Å². The highest BCUT2D eigenvalue weighted by molar-refractivity contribution is 7.13. The topological polar surface area (TPSA) is 62.2 Å². The predicted molar refractivity (Wildman–Crippen MR) is 86.6 cm³/mol. The lowest BCUT2D eigenvalue weighted by molar-refractivity contribution is -0.136. The first-order chi connectivity index (χ1) is 10.1. The van der Waals surface area contributed by atoms with Gasteiger partial charge in [0.25, 0.3) is 0 Å². The number of benzene rings is 1. The summed E-state index contributed by atoms with van der Waals surface area (Å²) in [5.74, 6) is -0.790. The average molecular weight is 304 g/mol. The fourth-order valence-electron chi connectivity index (χ4n) is 2.22. The molecule has 0 unspecified atom stereocenters. The summed E-state index contributed by atoms with van der Waals surface area (Å²) in [4.78, 5) is 15.1. The molecule has 2 aromatic rings. The number of hydrogen-bond donors (Lipinski definition) is 2. The van der Waals surface area contributed by atoms with Crippen LogP contribution in [0.2, 0.25) is 0 Å². The van der Waals surface area contributed by atoms with Gasteiger partial charge < -0.3 is 10.4 Å². The number of aromatic nitrogens is 1. The Balaban J connectivity index is 2.16. The number of carbonyl (C=O) groups is 1. The number of anilines is 2. The molecule has 5 heteroatoms. The first-order valence-corrected chi connectivity index (χ1v) is 8.06. The summed E-state index contributed by atoms with van der Waals surface area (Å²) in [6.07, 6.45) is 2.53. The number of hydrogen-bond acceptors (Lipinski definition) is 4. The van der Waals surface area contributed by atoms with Gasteiger partial charge in [-0.25, -0.2) is 4.98 Å². The monoisotopic (exact) mass is 304 g/mol. The van der Waals surface area contributed by atoms with Gasteiger partial charge in [0.15, 0.2) is 5.13 Å². The van der Waals surface area contributed by atoms with Gasteiger partial charge in [-0.05, 0) is 24.0 Å². The van der Waals surface area contributed by atoms with E-state index in [1.54, 1.807) is 0 Å². The number of nitrogens with one attached hydrogen (secondary N) is 1. The number of aryl methyl sites for hydroxylation is 3. The number of nitrogens with zero attached hydrogens (tertiary/aromatic N) is 1. The van der Waals surface area contributed by atoms with Crippen LogP contribution in [0.15, 0.2) is 23.6 Å². The second-order valence-electron chi connectivity index (χ2n) is 4.82. The Morgan fingerprint density at radius 2 is 1.95 bits per heavy atom. The summed E-state index contributed by atoms with van der Waals surface area (Å²) in [6.45, 7) is 4.28. The summed E-state index contributed by atoms with van der Waals surface area (Å²) in [6, 6.07) is 6.34. The number of rotatable bonds is 7. The van der Waals surface area contributed by atoms with Gasteiger partial charge in [0.05, 0.1) is 12.1 Å². The highest BCUT2D eigenvalue weighted by Gasteiger charge is 2.09. The number of carboxylic acid groups (broad SMARTS) is 1. The molecule has 0 aliphatic rings. The standard InChI is InChI=1S/C16H20N2O2S/c1-3-11-6-5-7-12(4-2)15(11)18-16-17-13(10-21-16)8-9-14(19)20/h5-7,10H,3-4,8-9H2,1-2H3,(H,17,18)(H,19,20). The molecular formula is C16H20N2O2S. The normalized spacial score (nSPS) is 10.6. The van der Waals surface area contributed by atoms with E-state index in [0.717, 1.165) is 29.4 Å². The van der Waals surface area contributed by atoms with E-state index in [2.05, 4.69) is 42.3 Å². The molecule has 112 valence electrons. The third-order valence-electron chi connectivity index (χ3n) is 3.38. The van der Waals surface area contributed by atoms with E-state index in [4.69, 9.17) is 5.11 Å². The second kappa shape index (κ2) is 7.22. The zero-order chi connectivity index (χ0) is 15.2. The van der Waals surface area contributed by atoms with Crippen molar-refractivity contribution in [2.24, 2.45) is 0 Å². The van der Waals surface area contributed by atoms with Crippen molar-refractivity contribution >= 4 is 28.1 Å². The lowest BCUT2D eigenvalue weighted by Gasteiger charge is -2.13. The number of carboxylic acids is 1. The Hall–Kier alpha value is -1.88. The first kappa shape index (κ1) is 15.5. The van der Waals surface area contributed by atoms with Gasteiger partial charge >= 0.3 is 5.97 Å². The Kier molecular flexibility index (Phi) is 5.33. The van der Waals surface area contributed by atoms with Crippen LogP contribution in [0.25, 0.3) is 0 Å². The Labute approximate surface area is 128 Å². The van der Waals surface area contributed by atoms with Gasteiger partial charge in [-0.15, -0.1) is 11.3 Å². The molecule has 2 N–H and O–H groups in total. The molecule has 0 saturated carbocycles. The minimum absolute atomic E-state index is 0.120. The second-order valence-corrected chi connectivity index (χ2v) is 5.68. The smallest absolute Gasteiger partial charge is 0.303 e. The maximum absolute atomic E-state index is 10.6. The lowest BCUT2D eigenvalue weighted by Crippen LogP contribution is -2.00. The van der Waals surface area contributed by atoms with Crippen molar-refractivity contribution in [3.05, 3.63) is 40.4 Å². The van der Waals surface area contributed by atoms with E-state index in [-0.39, 0.29) is 6.42 Å².